The summed E-state index contributed by atoms with van der Waals surface area (Å²) in [5.74, 6) is 0.0772. The van der Waals surface area contributed by atoms with Crippen molar-refractivity contribution in [3.63, 3.8) is 0 Å². The molecule has 0 atom stereocenters. The molecular formula is C27H45NO. The third-order valence-corrected chi connectivity index (χ3v) is 5.68. The molecule has 1 N–H and O–H groups in total. The Morgan fingerprint density at radius 3 is 1.79 bits per heavy atom. The van der Waals surface area contributed by atoms with Gasteiger partial charge in [-0.05, 0) is 57.1 Å². The largest absolute Gasteiger partial charge is 0.352 e. The fourth-order valence-corrected chi connectivity index (χ4v) is 3.84. The number of hydrogen-bond acceptors (Lipinski definition) is 1. The van der Waals surface area contributed by atoms with Crippen molar-refractivity contribution in [2.24, 2.45) is 0 Å². The van der Waals surface area contributed by atoms with Crippen molar-refractivity contribution in [2.45, 2.75) is 111 Å². The predicted octanol–water partition coefficient (Wildman–Crippen LogP) is 8.07. The summed E-state index contributed by atoms with van der Waals surface area (Å²) in [4.78, 5) is 12.3. The highest BCUT2D eigenvalue weighted by Crippen LogP contribution is 2.13. The monoisotopic (exact) mass is 399 g/mol. The number of carbonyl (C=O) groups is 1. The molecule has 29 heavy (non-hydrogen) atoms. The van der Waals surface area contributed by atoms with Gasteiger partial charge >= 0.3 is 0 Å². The van der Waals surface area contributed by atoms with Gasteiger partial charge in [-0.2, -0.15) is 0 Å². The molecule has 0 fully saturated rings. The van der Waals surface area contributed by atoms with Crippen LogP contribution in [0.2, 0.25) is 0 Å². The molecule has 2 nitrogen and oxygen atoms in total. The Morgan fingerprint density at radius 2 is 1.24 bits per heavy atom. The van der Waals surface area contributed by atoms with Crippen LogP contribution in [0.5, 0.6) is 0 Å². The first-order chi connectivity index (χ1) is 14.2. The minimum absolute atomic E-state index is 0.0772. The Hall–Kier alpha value is -1.57. The fourth-order valence-electron chi connectivity index (χ4n) is 3.84. The highest BCUT2D eigenvalue weighted by atomic mass is 16.1. The zero-order valence-corrected chi connectivity index (χ0v) is 19.4. The Kier molecular flexibility index (Phi) is 15.2. The Labute approximate surface area is 180 Å². The number of allylic oxidation sites excluding steroid dienone is 2. The maximum Gasteiger partial charge on any atom is 0.251 e. The maximum absolute atomic E-state index is 12.3. The number of carbonyl (C=O) groups excluding carboxylic acids is 1. The van der Waals surface area contributed by atoms with Gasteiger partial charge < -0.3 is 5.32 Å². The van der Waals surface area contributed by atoms with Gasteiger partial charge in [0.2, 0.25) is 0 Å². The molecule has 0 unspecified atom stereocenters. The molecule has 0 spiro atoms. The van der Waals surface area contributed by atoms with Crippen LogP contribution >= 0.6 is 0 Å². The second-order valence-corrected chi connectivity index (χ2v) is 8.46. The Balaban J connectivity index is 1.90. The van der Waals surface area contributed by atoms with Crippen LogP contribution in [0.4, 0.5) is 0 Å². The van der Waals surface area contributed by atoms with Crippen LogP contribution < -0.4 is 5.32 Å². The van der Waals surface area contributed by atoms with E-state index in [0.717, 1.165) is 29.7 Å². The van der Waals surface area contributed by atoms with Crippen molar-refractivity contribution >= 4 is 5.91 Å². The van der Waals surface area contributed by atoms with Gasteiger partial charge in [-0.1, -0.05) is 95.1 Å². The smallest absolute Gasteiger partial charge is 0.251 e. The molecule has 0 radical (unpaired) electrons. The third kappa shape index (κ3) is 12.6. The van der Waals surface area contributed by atoms with Crippen molar-refractivity contribution < 1.29 is 4.79 Å². The van der Waals surface area contributed by atoms with Crippen LogP contribution in [0.1, 0.15) is 118 Å². The van der Waals surface area contributed by atoms with Crippen LogP contribution in [0.3, 0.4) is 0 Å². The van der Waals surface area contributed by atoms with E-state index in [0.29, 0.717) is 0 Å². The summed E-state index contributed by atoms with van der Waals surface area (Å²) in [6.07, 6.45) is 23.1. The van der Waals surface area contributed by atoms with Crippen LogP contribution in [-0.2, 0) is 0 Å². The second-order valence-electron chi connectivity index (χ2n) is 8.46. The summed E-state index contributed by atoms with van der Waals surface area (Å²) >= 11 is 0. The van der Waals surface area contributed by atoms with E-state index in [2.05, 4.69) is 24.4 Å². The molecule has 1 aromatic rings. The number of rotatable bonds is 17. The second kappa shape index (κ2) is 17.3. The Bertz CT molecular complexity index is 556. The van der Waals surface area contributed by atoms with E-state index in [4.69, 9.17) is 0 Å². The van der Waals surface area contributed by atoms with Gasteiger partial charge in [0.15, 0.2) is 0 Å². The highest BCUT2D eigenvalue weighted by molar-refractivity contribution is 5.97. The van der Waals surface area contributed by atoms with E-state index in [1.54, 1.807) is 0 Å². The van der Waals surface area contributed by atoms with Crippen molar-refractivity contribution in [2.75, 3.05) is 6.54 Å². The number of benzene rings is 1. The lowest BCUT2D eigenvalue weighted by atomic mass is 10.0. The number of nitrogens with one attached hydrogen (secondary N) is 1. The first-order valence-corrected chi connectivity index (χ1v) is 12.2. The van der Waals surface area contributed by atoms with Gasteiger partial charge in [0.1, 0.15) is 0 Å². The molecule has 0 saturated heterocycles. The first kappa shape index (κ1) is 25.5. The van der Waals surface area contributed by atoms with Gasteiger partial charge in [-0.15, -0.1) is 0 Å². The number of unbranched alkanes of at least 4 members (excludes halogenated alkanes) is 12. The highest BCUT2D eigenvalue weighted by Gasteiger charge is 2.10. The quantitative estimate of drug-likeness (QED) is 0.208. The zero-order chi connectivity index (χ0) is 21.2. The minimum atomic E-state index is 0.0772. The predicted molar refractivity (Wildman–Crippen MR) is 128 cm³/mol. The topological polar surface area (TPSA) is 29.1 Å². The van der Waals surface area contributed by atoms with E-state index < -0.39 is 0 Å². The molecule has 0 bridgehead atoms. The van der Waals surface area contributed by atoms with Crippen LogP contribution in [-0.4, -0.2) is 12.5 Å². The summed E-state index contributed by atoms with van der Waals surface area (Å²) in [6.45, 7) is 7.07. The lowest BCUT2D eigenvalue weighted by Gasteiger charge is -2.10. The van der Waals surface area contributed by atoms with Crippen molar-refractivity contribution in [3.8, 4) is 0 Å². The van der Waals surface area contributed by atoms with Gasteiger partial charge in [0, 0.05) is 12.1 Å². The minimum Gasteiger partial charge on any atom is -0.352 e. The molecular weight excluding hydrogens is 354 g/mol. The number of hydrogen-bond donors (Lipinski definition) is 1. The van der Waals surface area contributed by atoms with Crippen LogP contribution in [0.15, 0.2) is 30.4 Å². The van der Waals surface area contributed by atoms with Crippen molar-refractivity contribution in [1.82, 2.24) is 5.32 Å². The van der Waals surface area contributed by atoms with E-state index in [1.807, 2.05) is 32.0 Å². The summed E-state index contributed by atoms with van der Waals surface area (Å²) in [7, 11) is 0. The Morgan fingerprint density at radius 1 is 0.759 bits per heavy atom. The average Bonchev–Trinajstić information content (AvgIpc) is 2.70. The SMILES string of the molecule is CCCCCCCC/C=C\CCCCCCCCNC(=O)c1c(C)cccc1C. The molecule has 0 aliphatic rings. The van der Waals surface area contributed by atoms with E-state index in [1.165, 1.54) is 83.5 Å². The van der Waals surface area contributed by atoms with E-state index >= 15 is 0 Å². The van der Waals surface area contributed by atoms with Crippen LogP contribution in [0, 0.1) is 13.8 Å². The lowest BCUT2D eigenvalue weighted by molar-refractivity contribution is 0.0951. The van der Waals surface area contributed by atoms with Crippen LogP contribution in [0.25, 0.3) is 0 Å². The molecule has 1 aromatic carbocycles. The molecule has 1 rings (SSSR count). The summed E-state index contributed by atoms with van der Waals surface area (Å²) in [6, 6.07) is 6.02. The first-order valence-electron chi connectivity index (χ1n) is 12.2. The van der Waals surface area contributed by atoms with E-state index in [-0.39, 0.29) is 5.91 Å². The molecule has 0 aliphatic carbocycles. The maximum atomic E-state index is 12.3. The van der Waals surface area contributed by atoms with E-state index in [9.17, 15) is 4.79 Å². The summed E-state index contributed by atoms with van der Waals surface area (Å²) < 4.78 is 0. The number of aryl methyl sites for hydroxylation is 2. The summed E-state index contributed by atoms with van der Waals surface area (Å²) in [5.41, 5.74) is 2.96. The zero-order valence-electron chi connectivity index (χ0n) is 19.4. The molecule has 0 aliphatic heterocycles. The van der Waals surface area contributed by atoms with Gasteiger partial charge in [-0.3, -0.25) is 4.79 Å². The standard InChI is InChI=1S/C27H45NO/c1-4-5-6-7-8-9-10-11-12-13-14-15-16-17-18-19-23-28-27(29)26-24(2)21-20-22-25(26)3/h11-12,20-22H,4-10,13-19,23H2,1-3H3,(H,28,29)/b12-11-. The normalized spacial score (nSPS) is 11.3. The molecule has 0 saturated carbocycles. The van der Waals surface area contributed by atoms with Crippen molar-refractivity contribution in [1.29, 1.82) is 0 Å². The average molecular weight is 400 g/mol. The molecule has 164 valence electrons. The molecule has 2 heteroatoms. The number of amides is 1. The van der Waals surface area contributed by atoms with Gasteiger partial charge in [0.05, 0.1) is 0 Å². The molecule has 0 aromatic heterocycles. The molecule has 1 amide bonds. The fraction of sp³-hybridized carbons (Fsp3) is 0.667. The van der Waals surface area contributed by atoms with Gasteiger partial charge in [-0.25, -0.2) is 0 Å². The third-order valence-electron chi connectivity index (χ3n) is 5.68. The lowest BCUT2D eigenvalue weighted by Crippen LogP contribution is -2.26. The molecule has 0 heterocycles. The van der Waals surface area contributed by atoms with Crippen molar-refractivity contribution in [3.05, 3.63) is 47.0 Å². The van der Waals surface area contributed by atoms with Gasteiger partial charge in [0.25, 0.3) is 5.91 Å². The summed E-state index contributed by atoms with van der Waals surface area (Å²) in [5, 5.41) is 3.08.